The van der Waals surface area contributed by atoms with Gasteiger partial charge in [0.15, 0.2) is 0 Å². The second kappa shape index (κ2) is 8.99. The summed E-state index contributed by atoms with van der Waals surface area (Å²) in [5, 5.41) is 0. The molecular weight excluding hydrogens is 352 g/mol. The van der Waals surface area contributed by atoms with Crippen LogP contribution in [0.4, 0.5) is 4.79 Å². The lowest BCUT2D eigenvalue weighted by Crippen LogP contribution is -2.53. The summed E-state index contributed by atoms with van der Waals surface area (Å²) in [6.07, 6.45) is 1.49. The van der Waals surface area contributed by atoms with E-state index in [1.807, 2.05) is 19.1 Å². The van der Waals surface area contributed by atoms with Crippen LogP contribution < -0.4 is 5.73 Å². The normalized spacial score (nSPS) is 17.4. The Hall–Kier alpha value is -2.70. The van der Waals surface area contributed by atoms with E-state index < -0.39 is 0 Å². The first-order valence-corrected chi connectivity index (χ1v) is 9.57. The summed E-state index contributed by atoms with van der Waals surface area (Å²) < 4.78 is 5.16. The number of allylic oxidation sites excluding steroid dienone is 1. The van der Waals surface area contributed by atoms with E-state index in [4.69, 9.17) is 10.5 Å². The quantitative estimate of drug-likeness (QED) is 0.805. The fraction of sp³-hybridized carbons (Fsp3) is 0.364. The standard InChI is InChI=1S/C22H28N4O2/c1-16(2)28-22(27)26-10-9-25(14-17(26)3)15-19-5-4-6-20(11-19)21-12-18(13-23)7-8-24-21/h4-8,11-12,17H,1,9-10,13-15,23H2,2-3H3/t17-/m0/s1. The molecule has 3 rings (SSSR count). The Labute approximate surface area is 166 Å². The van der Waals surface area contributed by atoms with Gasteiger partial charge in [0.25, 0.3) is 0 Å². The van der Waals surface area contributed by atoms with E-state index in [1.54, 1.807) is 18.0 Å². The summed E-state index contributed by atoms with van der Waals surface area (Å²) in [6, 6.07) is 12.5. The number of benzene rings is 1. The van der Waals surface area contributed by atoms with Gasteiger partial charge in [0, 0.05) is 50.5 Å². The number of amides is 1. The highest BCUT2D eigenvalue weighted by molar-refractivity contribution is 5.69. The fourth-order valence-electron chi connectivity index (χ4n) is 3.50. The lowest BCUT2D eigenvalue weighted by molar-refractivity contribution is 0.0634. The molecule has 1 aromatic heterocycles. The van der Waals surface area contributed by atoms with E-state index in [0.29, 0.717) is 18.8 Å². The zero-order valence-electron chi connectivity index (χ0n) is 16.6. The van der Waals surface area contributed by atoms with Gasteiger partial charge in [0.2, 0.25) is 0 Å². The SMILES string of the molecule is C=C(C)OC(=O)N1CCN(Cc2cccc(-c3cc(CN)ccn3)c2)C[C@@H]1C. The Morgan fingerprint density at radius 1 is 1.29 bits per heavy atom. The van der Waals surface area contributed by atoms with Crippen molar-refractivity contribution in [1.82, 2.24) is 14.8 Å². The minimum absolute atomic E-state index is 0.0895. The van der Waals surface area contributed by atoms with Crippen molar-refractivity contribution >= 4 is 6.09 Å². The third-order valence-corrected chi connectivity index (χ3v) is 4.90. The van der Waals surface area contributed by atoms with Gasteiger partial charge in [-0.1, -0.05) is 24.8 Å². The van der Waals surface area contributed by atoms with Crippen molar-refractivity contribution in [3.05, 3.63) is 66.1 Å². The lowest BCUT2D eigenvalue weighted by atomic mass is 10.0. The zero-order chi connectivity index (χ0) is 20.1. The van der Waals surface area contributed by atoms with Crippen LogP contribution in [0.1, 0.15) is 25.0 Å². The lowest BCUT2D eigenvalue weighted by Gasteiger charge is -2.39. The van der Waals surface area contributed by atoms with Gasteiger partial charge in [-0.15, -0.1) is 0 Å². The molecule has 0 bridgehead atoms. The van der Waals surface area contributed by atoms with Gasteiger partial charge in [0.1, 0.15) is 0 Å². The van der Waals surface area contributed by atoms with E-state index in [0.717, 1.165) is 36.5 Å². The summed E-state index contributed by atoms with van der Waals surface area (Å²) in [5.74, 6) is 0.420. The second-order valence-electron chi connectivity index (χ2n) is 7.30. The summed E-state index contributed by atoms with van der Waals surface area (Å²) >= 11 is 0. The highest BCUT2D eigenvalue weighted by atomic mass is 16.6. The maximum atomic E-state index is 12.1. The van der Waals surface area contributed by atoms with Gasteiger partial charge in [-0.25, -0.2) is 4.79 Å². The number of nitrogens with two attached hydrogens (primary N) is 1. The molecule has 2 N–H and O–H groups in total. The molecule has 6 heteroatoms. The summed E-state index contributed by atoms with van der Waals surface area (Å²) in [4.78, 5) is 20.7. The first-order valence-electron chi connectivity index (χ1n) is 9.57. The largest absolute Gasteiger partial charge is 0.416 e. The van der Waals surface area contributed by atoms with Crippen LogP contribution in [0.3, 0.4) is 0 Å². The van der Waals surface area contributed by atoms with Crippen LogP contribution in [0.5, 0.6) is 0 Å². The third-order valence-electron chi connectivity index (χ3n) is 4.90. The Morgan fingerprint density at radius 2 is 2.11 bits per heavy atom. The van der Waals surface area contributed by atoms with Gasteiger partial charge in [-0.05, 0) is 43.2 Å². The number of hydrogen-bond donors (Lipinski definition) is 1. The van der Waals surface area contributed by atoms with E-state index in [2.05, 4.69) is 40.7 Å². The molecule has 0 saturated carbocycles. The first kappa shape index (κ1) is 20.0. The molecule has 1 amide bonds. The van der Waals surface area contributed by atoms with Crippen molar-refractivity contribution in [2.75, 3.05) is 19.6 Å². The Balaban J connectivity index is 1.65. The molecule has 0 unspecified atom stereocenters. The molecule has 1 atom stereocenters. The molecule has 6 nitrogen and oxygen atoms in total. The van der Waals surface area contributed by atoms with Gasteiger partial charge in [-0.3, -0.25) is 9.88 Å². The van der Waals surface area contributed by atoms with Crippen molar-refractivity contribution in [2.45, 2.75) is 33.0 Å². The molecule has 0 aliphatic carbocycles. The third kappa shape index (κ3) is 4.97. The maximum absolute atomic E-state index is 12.1. The first-order chi connectivity index (χ1) is 13.5. The molecule has 0 radical (unpaired) electrons. The summed E-state index contributed by atoms with van der Waals surface area (Å²) in [6.45, 7) is 11.0. The Kier molecular flexibility index (Phi) is 6.44. The Bertz CT molecular complexity index is 852. The van der Waals surface area contributed by atoms with Gasteiger partial charge in [-0.2, -0.15) is 0 Å². The maximum Gasteiger partial charge on any atom is 0.415 e. The van der Waals surface area contributed by atoms with Gasteiger partial charge in [0.05, 0.1) is 11.5 Å². The number of ether oxygens (including phenoxy) is 1. The molecule has 1 aromatic carbocycles. The van der Waals surface area contributed by atoms with Crippen molar-refractivity contribution in [2.24, 2.45) is 5.73 Å². The van der Waals surface area contributed by atoms with Crippen LogP contribution in [0.2, 0.25) is 0 Å². The molecule has 1 aliphatic rings. The van der Waals surface area contributed by atoms with E-state index >= 15 is 0 Å². The number of piperazine rings is 1. The number of nitrogens with zero attached hydrogens (tertiary/aromatic N) is 3. The van der Waals surface area contributed by atoms with Gasteiger partial charge < -0.3 is 15.4 Å². The van der Waals surface area contributed by atoms with Crippen LogP contribution >= 0.6 is 0 Å². The molecule has 2 heterocycles. The van der Waals surface area contributed by atoms with E-state index in [-0.39, 0.29) is 12.1 Å². The van der Waals surface area contributed by atoms with Crippen molar-refractivity contribution in [3.8, 4) is 11.3 Å². The van der Waals surface area contributed by atoms with E-state index in [9.17, 15) is 4.79 Å². The van der Waals surface area contributed by atoms with Crippen LogP contribution in [-0.4, -0.2) is 46.6 Å². The predicted octanol–water partition coefficient (Wildman–Crippen LogP) is 3.38. The molecule has 1 aliphatic heterocycles. The molecule has 1 fully saturated rings. The van der Waals surface area contributed by atoms with Crippen molar-refractivity contribution in [1.29, 1.82) is 0 Å². The number of hydrogen-bond acceptors (Lipinski definition) is 5. The molecule has 2 aromatic rings. The number of carbonyl (C=O) groups excluding carboxylic acids is 1. The number of carbonyl (C=O) groups is 1. The summed E-state index contributed by atoms with van der Waals surface area (Å²) in [7, 11) is 0. The van der Waals surface area contributed by atoms with E-state index in [1.165, 1.54) is 5.56 Å². The predicted molar refractivity (Wildman–Crippen MR) is 110 cm³/mol. The second-order valence-corrected chi connectivity index (χ2v) is 7.30. The Morgan fingerprint density at radius 3 is 2.82 bits per heavy atom. The molecular formula is C22H28N4O2. The van der Waals surface area contributed by atoms with Crippen molar-refractivity contribution in [3.63, 3.8) is 0 Å². The minimum Gasteiger partial charge on any atom is -0.416 e. The van der Waals surface area contributed by atoms with Crippen LogP contribution in [0, 0.1) is 0 Å². The highest BCUT2D eigenvalue weighted by Crippen LogP contribution is 2.21. The molecule has 148 valence electrons. The zero-order valence-corrected chi connectivity index (χ0v) is 16.6. The fourth-order valence-corrected chi connectivity index (χ4v) is 3.50. The van der Waals surface area contributed by atoms with Crippen LogP contribution in [-0.2, 0) is 17.8 Å². The van der Waals surface area contributed by atoms with Crippen molar-refractivity contribution < 1.29 is 9.53 Å². The monoisotopic (exact) mass is 380 g/mol. The average Bonchev–Trinajstić information content (AvgIpc) is 2.67. The molecule has 1 saturated heterocycles. The number of aromatic nitrogens is 1. The topological polar surface area (TPSA) is 71.7 Å². The van der Waals surface area contributed by atoms with Crippen LogP contribution in [0.25, 0.3) is 11.3 Å². The number of rotatable bonds is 5. The highest BCUT2D eigenvalue weighted by Gasteiger charge is 2.28. The molecule has 0 spiro atoms. The molecule has 28 heavy (non-hydrogen) atoms. The van der Waals surface area contributed by atoms with Crippen LogP contribution in [0.15, 0.2) is 54.9 Å². The number of pyridine rings is 1. The summed E-state index contributed by atoms with van der Waals surface area (Å²) in [5.41, 5.74) is 10.1. The van der Waals surface area contributed by atoms with Gasteiger partial charge >= 0.3 is 6.09 Å². The minimum atomic E-state index is -0.312. The smallest absolute Gasteiger partial charge is 0.415 e. The average molecular weight is 380 g/mol.